The van der Waals surface area contributed by atoms with Gasteiger partial charge in [-0.25, -0.2) is 8.42 Å². The molecule has 0 aromatic heterocycles. The number of carbonyl (C=O) groups is 2. The normalized spacial score (nSPS) is 18.0. The van der Waals surface area contributed by atoms with Crippen molar-refractivity contribution >= 4 is 22.0 Å². The Morgan fingerprint density at radius 2 is 1.92 bits per heavy atom. The van der Waals surface area contributed by atoms with Crippen LogP contribution in [0.25, 0.3) is 0 Å². The third-order valence-corrected chi connectivity index (χ3v) is 6.21. The van der Waals surface area contributed by atoms with Crippen molar-refractivity contribution in [3.63, 3.8) is 0 Å². The molecule has 1 aromatic rings. The largest absolute Gasteiger partial charge is 0.379 e. The number of hydrogen-bond donors (Lipinski definition) is 1. The highest BCUT2D eigenvalue weighted by Gasteiger charge is 2.22. The van der Waals surface area contributed by atoms with Crippen molar-refractivity contribution in [3.05, 3.63) is 30.3 Å². The molecule has 1 amide bonds. The van der Waals surface area contributed by atoms with E-state index in [9.17, 15) is 18.0 Å². The molecule has 1 N–H and O–H groups in total. The Kier molecular flexibility index (Phi) is 7.74. The van der Waals surface area contributed by atoms with E-state index in [-0.39, 0.29) is 23.1 Å². The van der Waals surface area contributed by atoms with Gasteiger partial charge in [-0.3, -0.25) is 9.69 Å². The van der Waals surface area contributed by atoms with Crippen LogP contribution in [0.1, 0.15) is 19.8 Å². The molecule has 26 heavy (non-hydrogen) atoms. The van der Waals surface area contributed by atoms with Gasteiger partial charge in [0.2, 0.25) is 5.91 Å². The quantitative estimate of drug-likeness (QED) is 0.630. The van der Waals surface area contributed by atoms with E-state index in [2.05, 4.69) is 10.2 Å². The summed E-state index contributed by atoms with van der Waals surface area (Å²) < 4.78 is 29.7. The van der Waals surface area contributed by atoms with Gasteiger partial charge in [0, 0.05) is 25.6 Å². The van der Waals surface area contributed by atoms with Crippen molar-refractivity contribution in [2.45, 2.75) is 36.7 Å². The van der Waals surface area contributed by atoms with Crippen molar-refractivity contribution in [1.82, 2.24) is 10.2 Å². The van der Waals surface area contributed by atoms with Crippen LogP contribution in [0.2, 0.25) is 0 Å². The summed E-state index contributed by atoms with van der Waals surface area (Å²) in [5, 5.41) is 2.63. The Balaban J connectivity index is 1.82. The Hall–Kier alpha value is -1.77. The number of benzene rings is 1. The molecule has 1 saturated heterocycles. The third-order valence-electron chi connectivity index (χ3n) is 4.47. The van der Waals surface area contributed by atoms with Gasteiger partial charge in [-0.1, -0.05) is 18.2 Å². The predicted octanol–water partition coefficient (Wildman–Crippen LogP) is 0.645. The van der Waals surface area contributed by atoms with Crippen LogP contribution in [0.15, 0.2) is 35.2 Å². The van der Waals surface area contributed by atoms with Crippen LogP contribution in [0, 0.1) is 0 Å². The molecule has 1 fully saturated rings. The average molecular weight is 382 g/mol. The summed E-state index contributed by atoms with van der Waals surface area (Å²) in [5.74, 6) is -0.719. The SMILES string of the molecule is CC(C[C@@H](C=O)NC(=O)CCS(=O)(=O)c1ccccc1)N1CCOCC1. The van der Waals surface area contributed by atoms with Gasteiger partial charge < -0.3 is 14.8 Å². The first-order valence-corrected chi connectivity index (χ1v) is 10.4. The molecular weight excluding hydrogens is 356 g/mol. The molecule has 0 aliphatic carbocycles. The van der Waals surface area contributed by atoms with Gasteiger partial charge in [-0.05, 0) is 25.5 Å². The summed E-state index contributed by atoms with van der Waals surface area (Å²) in [6.07, 6.45) is 1.02. The van der Waals surface area contributed by atoms with Crippen LogP contribution in [-0.4, -0.2) is 69.7 Å². The first-order chi connectivity index (χ1) is 12.4. The molecule has 7 nitrogen and oxygen atoms in total. The number of hydrogen-bond acceptors (Lipinski definition) is 6. The topological polar surface area (TPSA) is 92.8 Å². The van der Waals surface area contributed by atoms with Crippen molar-refractivity contribution in [2.24, 2.45) is 0 Å². The van der Waals surface area contributed by atoms with Crippen LogP contribution in [-0.2, 0) is 24.2 Å². The maximum absolute atomic E-state index is 12.2. The molecule has 2 rings (SSSR count). The molecule has 144 valence electrons. The van der Waals surface area contributed by atoms with E-state index < -0.39 is 21.8 Å². The Bertz CT molecular complexity index is 687. The lowest BCUT2D eigenvalue weighted by Crippen LogP contribution is -2.46. The smallest absolute Gasteiger partial charge is 0.221 e. The van der Waals surface area contributed by atoms with E-state index in [0.717, 1.165) is 13.1 Å². The van der Waals surface area contributed by atoms with Crippen LogP contribution < -0.4 is 5.32 Å². The van der Waals surface area contributed by atoms with Gasteiger partial charge in [0.25, 0.3) is 0 Å². The molecule has 0 saturated carbocycles. The lowest BCUT2D eigenvalue weighted by molar-refractivity contribution is -0.124. The van der Waals surface area contributed by atoms with Gasteiger partial charge >= 0.3 is 0 Å². The zero-order valence-electron chi connectivity index (χ0n) is 15.0. The minimum atomic E-state index is -3.51. The van der Waals surface area contributed by atoms with E-state index in [1.165, 1.54) is 12.1 Å². The second-order valence-corrected chi connectivity index (χ2v) is 8.53. The van der Waals surface area contributed by atoms with E-state index >= 15 is 0 Å². The van der Waals surface area contributed by atoms with E-state index in [1.807, 2.05) is 6.92 Å². The van der Waals surface area contributed by atoms with Crippen LogP contribution >= 0.6 is 0 Å². The standard InChI is InChI=1S/C18H26N2O5S/c1-15(20-8-10-25-11-9-20)13-16(14-21)19-18(22)7-12-26(23,24)17-5-3-2-4-6-17/h2-6,14-16H,7-13H2,1H3,(H,19,22)/t15?,16-/m0/s1. The summed E-state index contributed by atoms with van der Waals surface area (Å²) in [7, 11) is -3.51. The van der Waals surface area contributed by atoms with E-state index in [4.69, 9.17) is 4.74 Å². The first-order valence-electron chi connectivity index (χ1n) is 8.76. The molecule has 1 heterocycles. The van der Waals surface area contributed by atoms with Gasteiger partial charge in [-0.2, -0.15) is 0 Å². The molecular formula is C18H26N2O5S. The fourth-order valence-electron chi connectivity index (χ4n) is 2.94. The van der Waals surface area contributed by atoms with Crippen molar-refractivity contribution < 1.29 is 22.7 Å². The minimum Gasteiger partial charge on any atom is -0.379 e. The molecule has 1 aliphatic heterocycles. The molecule has 0 radical (unpaired) electrons. The van der Waals surface area contributed by atoms with Crippen molar-refractivity contribution in [1.29, 1.82) is 0 Å². The molecule has 1 unspecified atom stereocenters. The fraction of sp³-hybridized carbons (Fsp3) is 0.556. The number of amides is 1. The molecule has 1 aromatic carbocycles. The predicted molar refractivity (Wildman–Crippen MR) is 97.6 cm³/mol. The van der Waals surface area contributed by atoms with Crippen LogP contribution in [0.5, 0.6) is 0 Å². The fourth-order valence-corrected chi connectivity index (χ4v) is 4.20. The number of sulfone groups is 1. The third kappa shape index (κ3) is 6.19. The number of aldehydes is 1. The summed E-state index contributed by atoms with van der Waals surface area (Å²) in [5.41, 5.74) is 0. The lowest BCUT2D eigenvalue weighted by atomic mass is 10.1. The minimum absolute atomic E-state index is 0.127. The highest BCUT2D eigenvalue weighted by molar-refractivity contribution is 7.91. The molecule has 2 atom stereocenters. The van der Waals surface area contributed by atoms with Gasteiger partial charge in [-0.15, -0.1) is 0 Å². The lowest BCUT2D eigenvalue weighted by Gasteiger charge is -2.33. The molecule has 1 aliphatic rings. The van der Waals surface area contributed by atoms with E-state index in [0.29, 0.717) is 25.9 Å². The number of morpholine rings is 1. The molecule has 0 spiro atoms. The second kappa shape index (κ2) is 9.80. The van der Waals surface area contributed by atoms with Crippen molar-refractivity contribution in [3.8, 4) is 0 Å². The molecule has 0 bridgehead atoms. The van der Waals surface area contributed by atoms with Gasteiger partial charge in [0.05, 0.1) is 29.9 Å². The summed E-state index contributed by atoms with van der Waals surface area (Å²) in [4.78, 5) is 25.8. The Morgan fingerprint density at radius 3 is 2.54 bits per heavy atom. The van der Waals surface area contributed by atoms with Crippen molar-refractivity contribution in [2.75, 3.05) is 32.1 Å². The zero-order valence-corrected chi connectivity index (χ0v) is 15.8. The number of nitrogens with one attached hydrogen (secondary N) is 1. The Morgan fingerprint density at radius 1 is 1.27 bits per heavy atom. The number of carbonyl (C=O) groups excluding carboxylic acids is 2. The first kappa shape index (κ1) is 20.5. The second-order valence-electron chi connectivity index (χ2n) is 6.43. The Labute approximate surface area is 154 Å². The number of nitrogens with zero attached hydrogens (tertiary/aromatic N) is 1. The summed E-state index contributed by atoms with van der Waals surface area (Å²) in [6, 6.07) is 7.53. The van der Waals surface area contributed by atoms with E-state index in [1.54, 1.807) is 18.2 Å². The summed E-state index contributed by atoms with van der Waals surface area (Å²) in [6.45, 7) is 4.94. The van der Waals surface area contributed by atoms with Crippen LogP contribution in [0.4, 0.5) is 0 Å². The zero-order chi connectivity index (χ0) is 19.0. The average Bonchev–Trinajstić information content (AvgIpc) is 2.67. The van der Waals surface area contributed by atoms with Crippen LogP contribution in [0.3, 0.4) is 0 Å². The maximum Gasteiger partial charge on any atom is 0.221 e. The maximum atomic E-state index is 12.2. The summed E-state index contributed by atoms with van der Waals surface area (Å²) >= 11 is 0. The molecule has 8 heteroatoms. The monoisotopic (exact) mass is 382 g/mol. The van der Waals surface area contributed by atoms with Gasteiger partial charge in [0.1, 0.15) is 6.29 Å². The highest BCUT2D eigenvalue weighted by Crippen LogP contribution is 2.12. The number of rotatable bonds is 9. The number of ether oxygens (including phenoxy) is 1. The van der Waals surface area contributed by atoms with Gasteiger partial charge in [0.15, 0.2) is 9.84 Å². The highest BCUT2D eigenvalue weighted by atomic mass is 32.2.